The van der Waals surface area contributed by atoms with Crippen molar-refractivity contribution >= 4 is 11.7 Å². The van der Waals surface area contributed by atoms with Crippen molar-refractivity contribution in [2.75, 3.05) is 31.6 Å². The number of amides is 1. The molecule has 0 fully saturated rings. The molecule has 0 aliphatic carbocycles. The number of halogens is 2. The molecule has 0 saturated carbocycles. The highest BCUT2D eigenvalue weighted by atomic mass is 19.3. The van der Waals surface area contributed by atoms with Crippen LogP contribution in [0.2, 0.25) is 0 Å². The van der Waals surface area contributed by atoms with Crippen molar-refractivity contribution in [3.8, 4) is 0 Å². The van der Waals surface area contributed by atoms with Gasteiger partial charge in [0.2, 0.25) is 0 Å². The molecule has 0 atom stereocenters. The number of anilines is 1. The topological polar surface area (TPSA) is 63.2 Å². The average Bonchev–Trinajstić information content (AvgIpc) is 2.38. The first-order chi connectivity index (χ1) is 9.13. The Labute approximate surface area is 110 Å². The van der Waals surface area contributed by atoms with E-state index in [1.54, 1.807) is 12.1 Å². The summed E-state index contributed by atoms with van der Waals surface area (Å²) in [6.07, 6.45) is -0.959. The zero-order valence-electron chi connectivity index (χ0n) is 10.7. The lowest BCUT2D eigenvalue weighted by Crippen LogP contribution is -2.27. The van der Waals surface area contributed by atoms with Crippen LogP contribution in [0.1, 0.15) is 17.3 Å². The first-order valence-corrected chi connectivity index (χ1v) is 5.97. The van der Waals surface area contributed by atoms with E-state index >= 15 is 0 Å². The fourth-order valence-corrected chi connectivity index (χ4v) is 1.36. The second kappa shape index (κ2) is 8.36. The summed E-state index contributed by atoms with van der Waals surface area (Å²) in [7, 11) is 0. The SMILES string of the molecule is CCNc1cc(C(=O)NCCOCC(F)F)ccn1. The van der Waals surface area contributed by atoms with Crippen LogP contribution in [-0.4, -0.2) is 43.6 Å². The zero-order valence-corrected chi connectivity index (χ0v) is 10.7. The van der Waals surface area contributed by atoms with Gasteiger partial charge in [-0.05, 0) is 19.1 Å². The Morgan fingerprint density at radius 2 is 2.32 bits per heavy atom. The van der Waals surface area contributed by atoms with Crippen LogP contribution in [0.3, 0.4) is 0 Å². The summed E-state index contributed by atoms with van der Waals surface area (Å²) in [6, 6.07) is 3.20. The predicted octanol–water partition coefficient (Wildman–Crippen LogP) is 1.52. The Morgan fingerprint density at radius 3 is 3.00 bits per heavy atom. The van der Waals surface area contributed by atoms with Crippen LogP contribution < -0.4 is 10.6 Å². The molecular weight excluding hydrogens is 256 g/mol. The van der Waals surface area contributed by atoms with Gasteiger partial charge >= 0.3 is 0 Å². The van der Waals surface area contributed by atoms with E-state index in [2.05, 4.69) is 20.4 Å². The predicted molar refractivity (Wildman–Crippen MR) is 67.6 cm³/mol. The molecule has 1 rings (SSSR count). The molecular formula is C12H17F2N3O2. The lowest BCUT2D eigenvalue weighted by Gasteiger charge is -2.07. The number of rotatable bonds is 8. The summed E-state index contributed by atoms with van der Waals surface area (Å²) >= 11 is 0. The minimum atomic E-state index is -2.49. The maximum atomic E-state index is 11.8. The summed E-state index contributed by atoms with van der Waals surface area (Å²) in [5, 5.41) is 5.57. The Bertz CT molecular complexity index is 402. The van der Waals surface area contributed by atoms with E-state index in [9.17, 15) is 13.6 Å². The van der Waals surface area contributed by atoms with Crippen molar-refractivity contribution in [1.82, 2.24) is 10.3 Å². The fourth-order valence-electron chi connectivity index (χ4n) is 1.36. The number of carbonyl (C=O) groups excluding carboxylic acids is 1. The third-order valence-electron chi connectivity index (χ3n) is 2.16. The molecule has 2 N–H and O–H groups in total. The monoisotopic (exact) mass is 273 g/mol. The van der Waals surface area contributed by atoms with Crippen LogP contribution in [0.25, 0.3) is 0 Å². The molecule has 7 heteroatoms. The van der Waals surface area contributed by atoms with Crippen molar-refractivity contribution in [2.24, 2.45) is 0 Å². The zero-order chi connectivity index (χ0) is 14.1. The highest BCUT2D eigenvalue weighted by Crippen LogP contribution is 2.06. The number of hydrogen-bond donors (Lipinski definition) is 2. The van der Waals surface area contributed by atoms with E-state index in [-0.39, 0.29) is 19.1 Å². The minimum Gasteiger partial charge on any atom is -0.374 e. The van der Waals surface area contributed by atoms with Gasteiger partial charge in [-0.1, -0.05) is 0 Å². The molecule has 0 aromatic carbocycles. The fraction of sp³-hybridized carbons (Fsp3) is 0.500. The van der Waals surface area contributed by atoms with Crippen molar-refractivity contribution in [3.63, 3.8) is 0 Å². The molecule has 0 bridgehead atoms. The normalized spacial score (nSPS) is 10.5. The lowest BCUT2D eigenvalue weighted by atomic mass is 10.2. The Balaban J connectivity index is 2.34. The lowest BCUT2D eigenvalue weighted by molar-refractivity contribution is 0.0188. The molecule has 0 unspecified atom stereocenters. The first kappa shape index (κ1) is 15.3. The van der Waals surface area contributed by atoms with E-state index in [0.29, 0.717) is 17.9 Å². The van der Waals surface area contributed by atoms with E-state index in [0.717, 1.165) is 0 Å². The van der Waals surface area contributed by atoms with Crippen molar-refractivity contribution in [3.05, 3.63) is 23.9 Å². The van der Waals surface area contributed by atoms with Crippen LogP contribution in [0.4, 0.5) is 14.6 Å². The van der Waals surface area contributed by atoms with Gasteiger partial charge < -0.3 is 15.4 Å². The average molecular weight is 273 g/mol. The molecule has 0 aliphatic heterocycles. The van der Waals surface area contributed by atoms with Crippen LogP contribution >= 0.6 is 0 Å². The number of nitrogens with one attached hydrogen (secondary N) is 2. The quantitative estimate of drug-likeness (QED) is 0.705. The second-order valence-electron chi connectivity index (χ2n) is 3.68. The summed E-state index contributed by atoms with van der Waals surface area (Å²) in [5.74, 6) is 0.325. The number of ether oxygens (including phenoxy) is 1. The standard InChI is InChI=1S/C12H17F2N3O2/c1-2-15-11-7-9(3-4-16-11)12(18)17-5-6-19-8-10(13)14/h3-4,7,10H,2,5-6,8H2,1H3,(H,15,16)(H,17,18). The van der Waals surface area contributed by atoms with Crippen LogP contribution in [0, 0.1) is 0 Å². The molecule has 0 radical (unpaired) electrons. The molecule has 1 heterocycles. The van der Waals surface area contributed by atoms with Gasteiger partial charge in [0.1, 0.15) is 12.4 Å². The molecule has 5 nitrogen and oxygen atoms in total. The second-order valence-corrected chi connectivity index (χ2v) is 3.68. The Kier molecular flexibility index (Phi) is 6.73. The van der Waals surface area contributed by atoms with Gasteiger partial charge in [-0.25, -0.2) is 13.8 Å². The van der Waals surface area contributed by atoms with Crippen molar-refractivity contribution in [2.45, 2.75) is 13.3 Å². The molecule has 1 aromatic heterocycles. The summed E-state index contributed by atoms with van der Waals surface area (Å²) < 4.78 is 28.2. The third-order valence-corrected chi connectivity index (χ3v) is 2.16. The highest BCUT2D eigenvalue weighted by Gasteiger charge is 2.06. The molecule has 19 heavy (non-hydrogen) atoms. The minimum absolute atomic E-state index is 0.0568. The van der Waals surface area contributed by atoms with Crippen molar-refractivity contribution in [1.29, 1.82) is 0 Å². The van der Waals surface area contributed by atoms with E-state index in [4.69, 9.17) is 0 Å². The van der Waals surface area contributed by atoms with E-state index in [1.165, 1.54) is 6.20 Å². The molecule has 0 aliphatic rings. The smallest absolute Gasteiger partial charge is 0.261 e. The largest absolute Gasteiger partial charge is 0.374 e. The van der Waals surface area contributed by atoms with E-state index in [1.807, 2.05) is 6.92 Å². The number of pyridine rings is 1. The highest BCUT2D eigenvalue weighted by molar-refractivity contribution is 5.94. The Hall–Kier alpha value is -1.76. The van der Waals surface area contributed by atoms with Crippen LogP contribution in [0.5, 0.6) is 0 Å². The van der Waals surface area contributed by atoms with Gasteiger partial charge in [0.25, 0.3) is 12.3 Å². The van der Waals surface area contributed by atoms with Gasteiger partial charge in [0, 0.05) is 24.8 Å². The summed E-state index contributed by atoms with van der Waals surface area (Å²) in [6.45, 7) is 2.26. The van der Waals surface area contributed by atoms with Crippen LogP contribution in [0.15, 0.2) is 18.3 Å². The number of aromatic nitrogens is 1. The summed E-state index contributed by atoms with van der Waals surface area (Å²) in [5.41, 5.74) is 0.458. The number of carbonyl (C=O) groups is 1. The van der Waals surface area contributed by atoms with Gasteiger partial charge in [-0.2, -0.15) is 0 Å². The van der Waals surface area contributed by atoms with Crippen LogP contribution in [-0.2, 0) is 4.74 Å². The molecule has 1 amide bonds. The maximum absolute atomic E-state index is 11.8. The van der Waals surface area contributed by atoms with Gasteiger partial charge in [-0.3, -0.25) is 4.79 Å². The molecule has 1 aromatic rings. The molecule has 106 valence electrons. The molecule has 0 spiro atoms. The van der Waals surface area contributed by atoms with Crippen molar-refractivity contribution < 1.29 is 18.3 Å². The Morgan fingerprint density at radius 1 is 1.53 bits per heavy atom. The number of hydrogen-bond acceptors (Lipinski definition) is 4. The molecule has 0 saturated heterocycles. The van der Waals surface area contributed by atoms with Gasteiger partial charge in [-0.15, -0.1) is 0 Å². The third kappa shape index (κ3) is 6.10. The maximum Gasteiger partial charge on any atom is 0.261 e. The first-order valence-electron chi connectivity index (χ1n) is 5.97. The van der Waals surface area contributed by atoms with Gasteiger partial charge in [0.05, 0.1) is 6.61 Å². The number of alkyl halides is 2. The van der Waals surface area contributed by atoms with E-state index < -0.39 is 13.0 Å². The number of nitrogens with zero attached hydrogens (tertiary/aromatic N) is 1. The van der Waals surface area contributed by atoms with Gasteiger partial charge in [0.15, 0.2) is 0 Å². The summed E-state index contributed by atoms with van der Waals surface area (Å²) in [4.78, 5) is 15.8.